The average molecular weight is 343 g/mol. The number of sulfone groups is 1. The zero-order valence-corrected chi connectivity index (χ0v) is 13.3. The van der Waals surface area contributed by atoms with E-state index in [1.54, 1.807) is 18.2 Å². The zero-order valence-electron chi connectivity index (χ0n) is 12.5. The van der Waals surface area contributed by atoms with E-state index in [2.05, 4.69) is 15.2 Å². The highest BCUT2D eigenvalue weighted by Crippen LogP contribution is 2.39. The monoisotopic (exact) mass is 343 g/mol. The number of nitrogens with zero attached hydrogens (tertiary/aromatic N) is 1. The van der Waals surface area contributed by atoms with Crippen LogP contribution in [0.25, 0.3) is 22.3 Å². The molecule has 122 valence electrons. The fourth-order valence-electron chi connectivity index (χ4n) is 3.11. The van der Waals surface area contributed by atoms with Crippen molar-refractivity contribution >= 4 is 20.9 Å². The van der Waals surface area contributed by atoms with Gasteiger partial charge in [-0.2, -0.15) is 5.10 Å². The Balaban J connectivity index is 1.72. The summed E-state index contributed by atoms with van der Waals surface area (Å²) in [4.78, 5) is 15.9. The number of fused-ring (bicyclic) bond motifs is 2. The number of H-pyrrole nitrogens is 2. The molecule has 1 aromatic carbocycles. The molecule has 2 aromatic heterocycles. The molecule has 3 aromatic rings. The number of hydrogen-bond donors (Lipinski definition) is 2. The molecule has 0 atom stereocenters. The Morgan fingerprint density at radius 3 is 2.83 bits per heavy atom. The van der Waals surface area contributed by atoms with Crippen molar-refractivity contribution in [3.05, 3.63) is 40.2 Å². The molecule has 1 fully saturated rings. The molecular formula is C16H13N3O4S. The summed E-state index contributed by atoms with van der Waals surface area (Å²) >= 11 is 0. The highest BCUT2D eigenvalue weighted by atomic mass is 32.2. The molecule has 7 nitrogen and oxygen atoms in total. The van der Waals surface area contributed by atoms with Crippen molar-refractivity contribution in [3.63, 3.8) is 0 Å². The van der Waals surface area contributed by atoms with Crippen LogP contribution < -0.4 is 10.2 Å². The van der Waals surface area contributed by atoms with E-state index >= 15 is 0 Å². The summed E-state index contributed by atoms with van der Waals surface area (Å²) in [6, 6.07) is 6.47. The summed E-state index contributed by atoms with van der Waals surface area (Å²) < 4.78 is 29.2. The highest BCUT2D eigenvalue weighted by molar-refractivity contribution is 7.91. The quantitative estimate of drug-likeness (QED) is 0.739. The van der Waals surface area contributed by atoms with E-state index in [9.17, 15) is 13.2 Å². The lowest BCUT2D eigenvalue weighted by Crippen LogP contribution is -2.04. The number of nitrogens with one attached hydrogen (secondary N) is 2. The van der Waals surface area contributed by atoms with Crippen LogP contribution in [0.3, 0.4) is 0 Å². The maximum absolute atomic E-state index is 12.5. The van der Waals surface area contributed by atoms with Gasteiger partial charge in [-0.05, 0) is 37.0 Å². The van der Waals surface area contributed by atoms with Gasteiger partial charge < -0.3 is 9.72 Å². The smallest absolute Gasteiger partial charge is 0.216 e. The molecule has 0 radical (unpaired) electrons. The summed E-state index contributed by atoms with van der Waals surface area (Å²) in [5.74, 6) is 0.415. The number of aromatic nitrogens is 3. The van der Waals surface area contributed by atoms with Crippen molar-refractivity contribution in [1.29, 1.82) is 0 Å². The lowest BCUT2D eigenvalue weighted by Gasteiger charge is -2.02. The van der Waals surface area contributed by atoms with Crippen LogP contribution in [0.2, 0.25) is 0 Å². The standard InChI is InChI=1S/C16H13N3O4S/c20-11-6-10(8-1-2-8)17-16-14(11)15(18-19-16)9-3-4-12-13(5-9)24(21,22)7-23-12/h3-6,8H,1-2,7H2,(H2,17,18,19,20). The number of pyridine rings is 1. The van der Waals surface area contributed by atoms with Gasteiger partial charge in [0.05, 0.1) is 11.1 Å². The van der Waals surface area contributed by atoms with Crippen LogP contribution in [0.5, 0.6) is 5.75 Å². The molecule has 3 heterocycles. The minimum atomic E-state index is -3.43. The minimum Gasteiger partial charge on any atom is -0.476 e. The summed E-state index contributed by atoms with van der Waals surface area (Å²) in [6.07, 6.45) is 2.17. The van der Waals surface area contributed by atoms with Gasteiger partial charge in [0.1, 0.15) is 10.6 Å². The first-order valence-electron chi connectivity index (χ1n) is 7.64. The molecule has 1 aliphatic carbocycles. The van der Waals surface area contributed by atoms with E-state index in [4.69, 9.17) is 4.74 Å². The third-order valence-corrected chi connectivity index (χ3v) is 5.93. The largest absolute Gasteiger partial charge is 0.476 e. The second-order valence-electron chi connectivity index (χ2n) is 6.22. The number of rotatable bonds is 2. The van der Waals surface area contributed by atoms with Crippen LogP contribution in [-0.2, 0) is 9.84 Å². The fraction of sp³-hybridized carbons (Fsp3) is 0.250. The van der Waals surface area contributed by atoms with E-state index in [0.29, 0.717) is 34.0 Å². The van der Waals surface area contributed by atoms with E-state index in [-0.39, 0.29) is 16.3 Å². The van der Waals surface area contributed by atoms with Crippen LogP contribution in [0.4, 0.5) is 0 Å². The van der Waals surface area contributed by atoms with Crippen molar-refractivity contribution in [2.45, 2.75) is 23.7 Å². The minimum absolute atomic E-state index is 0.117. The van der Waals surface area contributed by atoms with Crippen LogP contribution in [0.15, 0.2) is 34.0 Å². The Kier molecular flexibility index (Phi) is 2.57. The zero-order chi connectivity index (χ0) is 16.5. The van der Waals surface area contributed by atoms with Crippen LogP contribution >= 0.6 is 0 Å². The van der Waals surface area contributed by atoms with Crippen LogP contribution in [0, 0.1) is 0 Å². The molecule has 0 unspecified atom stereocenters. The third kappa shape index (κ3) is 1.92. The Morgan fingerprint density at radius 1 is 1.21 bits per heavy atom. The van der Waals surface area contributed by atoms with Gasteiger partial charge in [-0.1, -0.05) is 0 Å². The van der Waals surface area contributed by atoms with Crippen LogP contribution in [0.1, 0.15) is 24.5 Å². The topological polar surface area (TPSA) is 105 Å². The summed E-state index contributed by atoms with van der Waals surface area (Å²) in [6.45, 7) is 0. The van der Waals surface area contributed by atoms with Crippen molar-refractivity contribution in [1.82, 2.24) is 15.2 Å². The molecular weight excluding hydrogens is 330 g/mol. The highest BCUT2D eigenvalue weighted by Gasteiger charge is 2.29. The van der Waals surface area contributed by atoms with E-state index in [1.807, 2.05) is 0 Å². The first-order valence-corrected chi connectivity index (χ1v) is 9.29. The maximum Gasteiger partial charge on any atom is 0.216 e. The summed E-state index contributed by atoms with van der Waals surface area (Å²) in [7, 11) is -3.43. The number of ether oxygens (including phenoxy) is 1. The molecule has 24 heavy (non-hydrogen) atoms. The van der Waals surface area contributed by atoms with Gasteiger partial charge in [-0.15, -0.1) is 0 Å². The van der Waals surface area contributed by atoms with Gasteiger partial charge >= 0.3 is 0 Å². The van der Waals surface area contributed by atoms with Gasteiger partial charge in [0.15, 0.2) is 17.0 Å². The molecule has 8 heteroatoms. The lowest BCUT2D eigenvalue weighted by molar-refractivity contribution is 0.390. The van der Waals surface area contributed by atoms with Crippen molar-refractivity contribution in [2.75, 3.05) is 5.94 Å². The second kappa shape index (κ2) is 4.47. The fourth-order valence-corrected chi connectivity index (χ4v) is 4.26. The van der Waals surface area contributed by atoms with Crippen molar-refractivity contribution < 1.29 is 13.2 Å². The number of benzene rings is 1. The second-order valence-corrected chi connectivity index (χ2v) is 8.13. The Bertz CT molecular complexity index is 1160. The summed E-state index contributed by atoms with van der Waals surface area (Å²) in [5, 5.41) is 7.49. The molecule has 0 amide bonds. The number of hydrogen-bond acceptors (Lipinski definition) is 5. The van der Waals surface area contributed by atoms with Gasteiger partial charge in [0.25, 0.3) is 0 Å². The van der Waals surface area contributed by atoms with Gasteiger partial charge in [0.2, 0.25) is 9.84 Å². The molecule has 0 saturated heterocycles. The third-order valence-electron chi connectivity index (χ3n) is 4.52. The van der Waals surface area contributed by atoms with Gasteiger partial charge in [0, 0.05) is 17.3 Å². The van der Waals surface area contributed by atoms with E-state index < -0.39 is 9.84 Å². The Morgan fingerprint density at radius 2 is 2.04 bits per heavy atom. The number of aromatic amines is 2. The average Bonchev–Trinajstić information content (AvgIpc) is 3.25. The molecule has 0 bridgehead atoms. The molecule has 1 saturated carbocycles. The van der Waals surface area contributed by atoms with Gasteiger partial charge in [-0.25, -0.2) is 8.42 Å². The Labute approximate surface area is 136 Å². The first kappa shape index (κ1) is 13.8. The predicted molar refractivity (Wildman–Crippen MR) is 86.8 cm³/mol. The first-order chi connectivity index (χ1) is 11.5. The maximum atomic E-state index is 12.5. The SMILES string of the molecule is O=c1cc(C2CC2)[nH]c2n[nH]c(-c3ccc4c(c3)S(=O)(=O)CO4)c12. The lowest BCUT2D eigenvalue weighted by atomic mass is 10.1. The van der Waals surface area contributed by atoms with E-state index in [0.717, 1.165) is 18.5 Å². The van der Waals surface area contributed by atoms with Gasteiger partial charge in [-0.3, -0.25) is 9.89 Å². The molecule has 2 N–H and O–H groups in total. The molecule has 1 aliphatic heterocycles. The van der Waals surface area contributed by atoms with Crippen molar-refractivity contribution in [2.24, 2.45) is 0 Å². The van der Waals surface area contributed by atoms with E-state index in [1.165, 1.54) is 6.07 Å². The normalized spacial score (nSPS) is 18.5. The molecule has 2 aliphatic rings. The van der Waals surface area contributed by atoms with Crippen LogP contribution in [-0.4, -0.2) is 29.5 Å². The Hall–Kier alpha value is -2.61. The predicted octanol–water partition coefficient (Wildman–Crippen LogP) is 1.92. The van der Waals surface area contributed by atoms with Crippen molar-refractivity contribution in [3.8, 4) is 17.0 Å². The molecule has 5 rings (SSSR count). The summed E-state index contributed by atoms with van der Waals surface area (Å²) in [5.41, 5.74) is 2.40. The molecule has 0 spiro atoms.